The van der Waals surface area contributed by atoms with Gasteiger partial charge >= 0.3 is 6.03 Å². The number of carbonyl (C=O) groups is 1. The van der Waals surface area contributed by atoms with Crippen LogP contribution in [0.3, 0.4) is 0 Å². The van der Waals surface area contributed by atoms with Crippen LogP contribution in [0.1, 0.15) is 36.8 Å². The lowest BCUT2D eigenvalue weighted by Gasteiger charge is -2.33. The summed E-state index contributed by atoms with van der Waals surface area (Å²) >= 11 is 6.06. The van der Waals surface area contributed by atoms with Crippen LogP contribution in [0.2, 0.25) is 5.02 Å². The van der Waals surface area contributed by atoms with E-state index in [1.165, 1.54) is 0 Å². The normalized spacial score (nSPS) is 16.8. The second-order valence-electron chi connectivity index (χ2n) is 6.92. The molecule has 3 aromatic rings. The number of anilines is 1. The molecule has 0 saturated carbocycles. The van der Waals surface area contributed by atoms with Crippen molar-refractivity contribution in [1.82, 2.24) is 15.0 Å². The maximum Gasteiger partial charge on any atom is 0.322 e. The molecule has 1 saturated heterocycles. The van der Waals surface area contributed by atoms with Crippen LogP contribution in [0.5, 0.6) is 0 Å². The van der Waals surface area contributed by atoms with Crippen molar-refractivity contribution in [3.63, 3.8) is 0 Å². The standard InChI is InChI=1S/C21H21ClN4O2/c1-14-7-2-3-10-17(14)23-21(27)26-12-5-4-11-18(26)20-24-19(25-28-20)15-8-6-9-16(22)13-15/h2-3,6-10,13,18H,4-5,11-12H2,1H3,(H,23,27). The minimum atomic E-state index is -0.238. The molecule has 0 radical (unpaired) electrons. The first-order valence-corrected chi connectivity index (χ1v) is 9.72. The lowest BCUT2D eigenvalue weighted by molar-refractivity contribution is 0.142. The van der Waals surface area contributed by atoms with Gasteiger partial charge in [-0.15, -0.1) is 0 Å². The summed E-state index contributed by atoms with van der Waals surface area (Å²) in [6, 6.07) is 14.6. The monoisotopic (exact) mass is 396 g/mol. The van der Waals surface area contributed by atoms with Gasteiger partial charge in [-0.25, -0.2) is 4.79 Å². The molecule has 1 aliphatic rings. The Bertz CT molecular complexity index is 988. The largest absolute Gasteiger partial charge is 0.337 e. The first-order valence-electron chi connectivity index (χ1n) is 9.34. The third-order valence-corrected chi connectivity index (χ3v) is 5.20. The first kappa shape index (κ1) is 18.5. The molecule has 0 bridgehead atoms. The maximum absolute atomic E-state index is 12.9. The lowest BCUT2D eigenvalue weighted by Crippen LogP contribution is -2.41. The number of amides is 2. The molecule has 6 nitrogen and oxygen atoms in total. The third-order valence-electron chi connectivity index (χ3n) is 4.96. The number of carbonyl (C=O) groups excluding carboxylic acids is 1. The van der Waals surface area contributed by atoms with Crippen molar-refractivity contribution in [3.05, 3.63) is 65.0 Å². The van der Waals surface area contributed by atoms with Gasteiger partial charge in [-0.2, -0.15) is 4.98 Å². The number of hydrogen-bond donors (Lipinski definition) is 1. The number of hydrogen-bond acceptors (Lipinski definition) is 4. The van der Waals surface area contributed by atoms with E-state index >= 15 is 0 Å². The van der Waals surface area contributed by atoms with Crippen molar-refractivity contribution in [2.75, 3.05) is 11.9 Å². The minimum Gasteiger partial charge on any atom is -0.337 e. The minimum absolute atomic E-state index is 0.151. The number of nitrogens with one attached hydrogen (secondary N) is 1. The Morgan fingerprint density at radius 3 is 2.89 bits per heavy atom. The van der Waals surface area contributed by atoms with Crippen LogP contribution in [-0.4, -0.2) is 27.6 Å². The highest BCUT2D eigenvalue weighted by Crippen LogP contribution is 2.32. The highest BCUT2D eigenvalue weighted by atomic mass is 35.5. The number of aromatic nitrogens is 2. The molecule has 1 atom stereocenters. The highest BCUT2D eigenvalue weighted by molar-refractivity contribution is 6.30. The number of nitrogens with zero attached hydrogens (tertiary/aromatic N) is 3. The van der Waals surface area contributed by atoms with Crippen molar-refractivity contribution < 1.29 is 9.32 Å². The Hall–Kier alpha value is -2.86. The molecular weight excluding hydrogens is 376 g/mol. The van der Waals surface area contributed by atoms with Crippen LogP contribution in [0, 0.1) is 6.92 Å². The molecule has 1 N–H and O–H groups in total. The molecule has 0 aliphatic carbocycles. The van der Waals surface area contributed by atoms with E-state index in [0.717, 1.165) is 36.1 Å². The number of piperidine rings is 1. The van der Waals surface area contributed by atoms with E-state index in [0.29, 0.717) is 23.3 Å². The Balaban J connectivity index is 1.56. The molecule has 1 aliphatic heterocycles. The number of likely N-dealkylation sites (tertiary alicyclic amines) is 1. The van der Waals surface area contributed by atoms with Gasteiger partial charge in [0.15, 0.2) is 0 Å². The predicted octanol–water partition coefficient (Wildman–Crippen LogP) is 5.46. The number of aryl methyl sites for hydroxylation is 1. The predicted molar refractivity (Wildman–Crippen MR) is 108 cm³/mol. The number of rotatable bonds is 3. The molecule has 28 heavy (non-hydrogen) atoms. The third kappa shape index (κ3) is 3.87. The molecule has 7 heteroatoms. The van der Waals surface area contributed by atoms with E-state index in [2.05, 4.69) is 15.5 Å². The zero-order valence-corrected chi connectivity index (χ0v) is 16.3. The van der Waals surface area contributed by atoms with Gasteiger partial charge in [0, 0.05) is 22.8 Å². The van der Waals surface area contributed by atoms with Crippen molar-refractivity contribution in [2.45, 2.75) is 32.2 Å². The van der Waals surface area contributed by atoms with Gasteiger partial charge in [0.1, 0.15) is 6.04 Å². The van der Waals surface area contributed by atoms with E-state index in [9.17, 15) is 4.79 Å². The van der Waals surface area contributed by atoms with Crippen molar-refractivity contribution in [2.24, 2.45) is 0 Å². The van der Waals surface area contributed by atoms with Gasteiger partial charge in [0.25, 0.3) is 0 Å². The zero-order valence-electron chi connectivity index (χ0n) is 15.6. The van der Waals surface area contributed by atoms with Crippen LogP contribution >= 0.6 is 11.6 Å². The summed E-state index contributed by atoms with van der Waals surface area (Å²) in [6.07, 6.45) is 2.75. The van der Waals surface area contributed by atoms with Gasteiger partial charge in [-0.05, 0) is 49.9 Å². The first-order chi connectivity index (χ1) is 13.6. The Morgan fingerprint density at radius 1 is 1.21 bits per heavy atom. The quantitative estimate of drug-likeness (QED) is 0.638. The fourth-order valence-electron chi connectivity index (χ4n) is 3.45. The van der Waals surface area contributed by atoms with Crippen LogP contribution in [0.15, 0.2) is 53.1 Å². The summed E-state index contributed by atoms with van der Waals surface area (Å²) in [5.41, 5.74) is 2.61. The topological polar surface area (TPSA) is 71.3 Å². The maximum atomic E-state index is 12.9. The Morgan fingerprint density at radius 2 is 2.07 bits per heavy atom. The van der Waals surface area contributed by atoms with Crippen molar-refractivity contribution >= 4 is 23.3 Å². The molecule has 144 valence electrons. The average Bonchev–Trinajstić information content (AvgIpc) is 3.20. The fourth-order valence-corrected chi connectivity index (χ4v) is 3.64. The molecule has 1 aromatic heterocycles. The number of benzene rings is 2. The molecule has 1 fully saturated rings. The van der Waals surface area contributed by atoms with Gasteiger partial charge in [-0.3, -0.25) is 0 Å². The van der Waals surface area contributed by atoms with Crippen LogP contribution < -0.4 is 5.32 Å². The SMILES string of the molecule is Cc1ccccc1NC(=O)N1CCCCC1c1nc(-c2cccc(Cl)c2)no1. The number of urea groups is 1. The van der Waals surface area contributed by atoms with E-state index in [4.69, 9.17) is 16.1 Å². The number of para-hydroxylation sites is 1. The van der Waals surface area contributed by atoms with E-state index in [1.807, 2.05) is 43.3 Å². The second-order valence-corrected chi connectivity index (χ2v) is 7.35. The summed E-state index contributed by atoms with van der Waals surface area (Å²) in [5, 5.41) is 7.71. The van der Waals surface area contributed by atoms with Crippen LogP contribution in [-0.2, 0) is 0 Å². The summed E-state index contributed by atoms with van der Waals surface area (Å²) in [7, 11) is 0. The lowest BCUT2D eigenvalue weighted by atomic mass is 10.0. The summed E-state index contributed by atoms with van der Waals surface area (Å²) in [5.74, 6) is 0.928. The van der Waals surface area contributed by atoms with E-state index in [1.54, 1.807) is 17.0 Å². The fraction of sp³-hybridized carbons (Fsp3) is 0.286. The summed E-state index contributed by atoms with van der Waals surface area (Å²) in [4.78, 5) is 19.3. The zero-order chi connectivity index (χ0) is 19.5. The number of halogens is 1. The highest BCUT2D eigenvalue weighted by Gasteiger charge is 2.32. The van der Waals surface area contributed by atoms with Gasteiger partial charge in [-0.1, -0.05) is 47.1 Å². The van der Waals surface area contributed by atoms with Crippen molar-refractivity contribution in [1.29, 1.82) is 0 Å². The Labute approximate surface area is 168 Å². The summed E-state index contributed by atoms with van der Waals surface area (Å²) in [6.45, 7) is 2.62. The molecule has 1 unspecified atom stereocenters. The molecule has 2 amide bonds. The molecule has 2 heterocycles. The van der Waals surface area contributed by atoms with Gasteiger partial charge < -0.3 is 14.7 Å². The van der Waals surface area contributed by atoms with Gasteiger partial charge in [0.05, 0.1) is 0 Å². The smallest absolute Gasteiger partial charge is 0.322 e. The molecule has 2 aromatic carbocycles. The van der Waals surface area contributed by atoms with E-state index in [-0.39, 0.29) is 12.1 Å². The van der Waals surface area contributed by atoms with Crippen LogP contribution in [0.25, 0.3) is 11.4 Å². The Kier molecular flexibility index (Phi) is 5.30. The van der Waals surface area contributed by atoms with Gasteiger partial charge in [0.2, 0.25) is 11.7 Å². The molecular formula is C21H21ClN4O2. The van der Waals surface area contributed by atoms with E-state index < -0.39 is 0 Å². The molecule has 4 rings (SSSR count). The van der Waals surface area contributed by atoms with Crippen LogP contribution in [0.4, 0.5) is 10.5 Å². The molecule has 0 spiro atoms. The second kappa shape index (κ2) is 8.02. The summed E-state index contributed by atoms with van der Waals surface area (Å²) < 4.78 is 5.53. The average molecular weight is 397 g/mol. The van der Waals surface area contributed by atoms with Crippen molar-refractivity contribution in [3.8, 4) is 11.4 Å².